The molecule has 1 unspecified atom stereocenters. The molecule has 0 aliphatic heterocycles. The summed E-state index contributed by atoms with van der Waals surface area (Å²) >= 11 is 5.63. The van der Waals surface area contributed by atoms with Crippen LogP contribution in [0.25, 0.3) is 0 Å². The van der Waals surface area contributed by atoms with Crippen LogP contribution in [-0.2, 0) is 23.6 Å². The van der Waals surface area contributed by atoms with E-state index in [1.807, 2.05) is 0 Å². The van der Waals surface area contributed by atoms with Crippen LogP contribution in [0.1, 0.15) is 16.1 Å². The smallest absolute Gasteiger partial charge is 0.339 e. The van der Waals surface area contributed by atoms with Crippen molar-refractivity contribution in [1.29, 1.82) is 0 Å². The lowest BCUT2D eigenvalue weighted by atomic mass is 10.3. The predicted octanol–water partition coefficient (Wildman–Crippen LogP) is 2.22. The Morgan fingerprint density at radius 2 is 2.25 bits per heavy atom. The van der Waals surface area contributed by atoms with Crippen molar-refractivity contribution in [2.24, 2.45) is 7.05 Å². The zero-order valence-corrected chi connectivity index (χ0v) is 11.9. The van der Waals surface area contributed by atoms with Crippen molar-refractivity contribution < 1.29 is 18.5 Å². The number of aryl methyl sites for hydroxylation is 1. The molecule has 0 aliphatic rings. The summed E-state index contributed by atoms with van der Waals surface area (Å²) in [6.45, 7) is 0. The number of aromatic nitrogens is 2. The van der Waals surface area contributed by atoms with Gasteiger partial charge in [-0.05, 0) is 18.2 Å². The molecule has 2 rings (SSSR count). The lowest BCUT2D eigenvalue weighted by molar-refractivity contribution is 0.0696. The SMILES string of the molecule is Cn1ncc(C(=O)O)c1CS(=O)c1ccc(F)c(Cl)c1. The molecule has 1 heterocycles. The van der Waals surface area contributed by atoms with E-state index in [4.69, 9.17) is 16.7 Å². The Morgan fingerprint density at radius 3 is 2.85 bits per heavy atom. The van der Waals surface area contributed by atoms with Crippen LogP contribution in [0.5, 0.6) is 0 Å². The van der Waals surface area contributed by atoms with Crippen LogP contribution in [0.2, 0.25) is 5.02 Å². The van der Waals surface area contributed by atoms with Crippen LogP contribution in [0, 0.1) is 5.82 Å². The zero-order valence-electron chi connectivity index (χ0n) is 10.3. The van der Waals surface area contributed by atoms with Gasteiger partial charge in [0.15, 0.2) is 0 Å². The number of carboxylic acids is 1. The van der Waals surface area contributed by atoms with Crippen molar-refractivity contribution in [3.8, 4) is 0 Å². The first-order chi connectivity index (χ1) is 9.40. The van der Waals surface area contributed by atoms with Crippen molar-refractivity contribution in [2.45, 2.75) is 10.6 Å². The summed E-state index contributed by atoms with van der Waals surface area (Å²) in [5.74, 6) is -1.78. The van der Waals surface area contributed by atoms with E-state index < -0.39 is 22.6 Å². The van der Waals surface area contributed by atoms with Gasteiger partial charge in [0, 0.05) is 11.9 Å². The maximum atomic E-state index is 13.1. The molecule has 8 heteroatoms. The van der Waals surface area contributed by atoms with E-state index >= 15 is 0 Å². The third kappa shape index (κ3) is 2.88. The molecule has 20 heavy (non-hydrogen) atoms. The third-order valence-electron chi connectivity index (χ3n) is 2.71. The van der Waals surface area contributed by atoms with Gasteiger partial charge in [-0.25, -0.2) is 9.18 Å². The number of nitrogens with zero attached hydrogens (tertiary/aromatic N) is 2. The van der Waals surface area contributed by atoms with Crippen molar-refractivity contribution in [2.75, 3.05) is 0 Å². The number of hydrogen-bond donors (Lipinski definition) is 1. The highest BCUT2D eigenvalue weighted by molar-refractivity contribution is 7.84. The molecular weight excluding hydrogens is 307 g/mol. The predicted molar refractivity (Wildman–Crippen MR) is 71.7 cm³/mol. The number of aromatic carboxylic acids is 1. The van der Waals surface area contributed by atoms with Crippen LogP contribution in [-0.4, -0.2) is 25.1 Å². The first kappa shape index (κ1) is 14.7. The van der Waals surface area contributed by atoms with E-state index in [-0.39, 0.29) is 16.3 Å². The number of rotatable bonds is 4. The van der Waals surface area contributed by atoms with Gasteiger partial charge in [0.05, 0.1) is 33.5 Å². The Bertz CT molecular complexity index is 702. The van der Waals surface area contributed by atoms with Crippen LogP contribution < -0.4 is 0 Å². The zero-order chi connectivity index (χ0) is 14.9. The highest BCUT2D eigenvalue weighted by Crippen LogP contribution is 2.21. The Labute approximate surface area is 121 Å². The molecule has 2 aromatic rings. The molecule has 0 radical (unpaired) electrons. The largest absolute Gasteiger partial charge is 0.478 e. The molecular formula is C12H10ClFN2O3S. The molecule has 1 aromatic heterocycles. The van der Waals surface area contributed by atoms with Gasteiger partial charge in [0.25, 0.3) is 0 Å². The molecule has 106 valence electrons. The van der Waals surface area contributed by atoms with Gasteiger partial charge in [0.1, 0.15) is 11.4 Å². The number of carboxylic acid groups (broad SMARTS) is 1. The van der Waals surface area contributed by atoms with Crippen molar-refractivity contribution >= 4 is 28.4 Å². The second-order valence-electron chi connectivity index (χ2n) is 4.00. The average Bonchev–Trinajstić information content (AvgIpc) is 2.74. The van der Waals surface area contributed by atoms with Crippen LogP contribution in [0.4, 0.5) is 4.39 Å². The van der Waals surface area contributed by atoms with Gasteiger partial charge in [-0.1, -0.05) is 11.6 Å². The minimum absolute atomic E-state index is 0.00550. The van der Waals surface area contributed by atoms with Gasteiger partial charge < -0.3 is 5.11 Å². The second kappa shape index (κ2) is 5.72. The summed E-state index contributed by atoms with van der Waals surface area (Å²) < 4.78 is 26.6. The molecule has 0 fully saturated rings. The van der Waals surface area contributed by atoms with E-state index in [2.05, 4.69) is 5.10 Å². The molecule has 0 saturated heterocycles. The van der Waals surface area contributed by atoms with Crippen LogP contribution in [0.15, 0.2) is 29.3 Å². The first-order valence-corrected chi connectivity index (χ1v) is 7.17. The van der Waals surface area contributed by atoms with E-state index in [0.717, 1.165) is 6.07 Å². The van der Waals surface area contributed by atoms with Crippen molar-refractivity contribution in [3.05, 3.63) is 46.5 Å². The molecule has 5 nitrogen and oxygen atoms in total. The minimum atomic E-state index is -1.54. The minimum Gasteiger partial charge on any atom is -0.478 e. The highest BCUT2D eigenvalue weighted by atomic mass is 35.5. The van der Waals surface area contributed by atoms with Crippen molar-refractivity contribution in [3.63, 3.8) is 0 Å². The highest BCUT2D eigenvalue weighted by Gasteiger charge is 2.18. The Hall–Kier alpha value is -1.73. The first-order valence-electron chi connectivity index (χ1n) is 5.47. The molecule has 0 spiro atoms. The number of hydrogen-bond acceptors (Lipinski definition) is 3. The van der Waals surface area contributed by atoms with Gasteiger partial charge in [-0.15, -0.1) is 0 Å². The van der Waals surface area contributed by atoms with E-state index in [9.17, 15) is 13.4 Å². The summed E-state index contributed by atoms with van der Waals surface area (Å²) in [6, 6.07) is 3.74. The third-order valence-corrected chi connectivity index (χ3v) is 4.32. The van der Waals surface area contributed by atoms with Gasteiger partial charge in [-0.3, -0.25) is 8.89 Å². The fraction of sp³-hybridized carbons (Fsp3) is 0.167. The summed E-state index contributed by atoms with van der Waals surface area (Å²) in [5, 5.41) is 12.7. The maximum Gasteiger partial charge on any atom is 0.339 e. The molecule has 1 atom stereocenters. The van der Waals surface area contributed by atoms with Gasteiger partial charge >= 0.3 is 5.97 Å². The topological polar surface area (TPSA) is 72.2 Å². The number of halogens is 2. The number of benzene rings is 1. The molecule has 0 amide bonds. The summed E-state index contributed by atoms with van der Waals surface area (Å²) in [4.78, 5) is 11.4. The molecule has 1 aromatic carbocycles. The second-order valence-corrected chi connectivity index (χ2v) is 5.86. The van der Waals surface area contributed by atoms with Gasteiger partial charge in [-0.2, -0.15) is 5.10 Å². The van der Waals surface area contributed by atoms with Gasteiger partial charge in [0.2, 0.25) is 0 Å². The summed E-state index contributed by atoms with van der Waals surface area (Å²) in [6.07, 6.45) is 1.20. The average molecular weight is 317 g/mol. The van der Waals surface area contributed by atoms with E-state index in [0.29, 0.717) is 10.6 Å². The Morgan fingerprint density at radius 1 is 1.55 bits per heavy atom. The molecule has 0 aliphatic carbocycles. The maximum absolute atomic E-state index is 13.1. The van der Waals surface area contributed by atoms with E-state index in [1.165, 1.54) is 23.0 Å². The Balaban J connectivity index is 2.30. The van der Waals surface area contributed by atoms with Crippen LogP contribution in [0.3, 0.4) is 0 Å². The normalized spacial score (nSPS) is 12.3. The number of carbonyl (C=O) groups is 1. The lowest BCUT2D eigenvalue weighted by Gasteiger charge is -2.05. The molecule has 0 saturated carbocycles. The molecule has 0 bridgehead atoms. The summed E-state index contributed by atoms with van der Waals surface area (Å²) in [5.41, 5.74) is 0.324. The fourth-order valence-electron chi connectivity index (χ4n) is 1.64. The standard InChI is InChI=1S/C12H10ClFN2O3S/c1-16-11(8(5-15-16)12(17)18)6-20(19)7-2-3-10(14)9(13)4-7/h2-5H,6H2,1H3,(H,17,18). The quantitative estimate of drug-likeness (QED) is 0.938. The van der Waals surface area contributed by atoms with E-state index in [1.54, 1.807) is 7.05 Å². The van der Waals surface area contributed by atoms with Crippen LogP contribution >= 0.6 is 11.6 Å². The summed E-state index contributed by atoms with van der Waals surface area (Å²) in [7, 11) is 0.0224. The lowest BCUT2D eigenvalue weighted by Crippen LogP contribution is -2.08. The monoisotopic (exact) mass is 316 g/mol. The van der Waals surface area contributed by atoms with Crippen molar-refractivity contribution in [1.82, 2.24) is 9.78 Å². The molecule has 1 N–H and O–H groups in total. The Kier molecular flexibility index (Phi) is 4.20. The fourth-order valence-corrected chi connectivity index (χ4v) is 3.11.